The normalized spacial score (nSPS) is 34.4. The molecule has 3 nitrogen and oxygen atoms in total. The lowest BCUT2D eigenvalue weighted by Crippen LogP contribution is -2.26. The van der Waals surface area contributed by atoms with Crippen LogP contribution in [0.2, 0.25) is 0 Å². The second kappa shape index (κ2) is 3.00. The molecule has 1 atom stereocenters. The van der Waals surface area contributed by atoms with Crippen LogP contribution in [0.5, 0.6) is 0 Å². The van der Waals surface area contributed by atoms with Gasteiger partial charge in [-0.3, -0.25) is 0 Å². The van der Waals surface area contributed by atoms with Crippen molar-refractivity contribution in [1.29, 1.82) is 5.26 Å². The van der Waals surface area contributed by atoms with Gasteiger partial charge in [0.15, 0.2) is 5.60 Å². The Labute approximate surface area is 60.2 Å². The van der Waals surface area contributed by atoms with Crippen molar-refractivity contribution in [3.05, 3.63) is 0 Å². The minimum atomic E-state index is -1.11. The van der Waals surface area contributed by atoms with Gasteiger partial charge < -0.3 is 9.84 Å². The molecular formula is C7H11NO2. The molecule has 0 spiro atoms. The molecule has 0 aromatic heterocycles. The zero-order valence-corrected chi connectivity index (χ0v) is 5.84. The van der Waals surface area contributed by atoms with Crippen molar-refractivity contribution in [2.45, 2.75) is 24.9 Å². The summed E-state index contributed by atoms with van der Waals surface area (Å²) >= 11 is 0. The first-order valence-corrected chi connectivity index (χ1v) is 3.48. The standard InChI is InChI=1S/C7H11NO2/c8-6-7(9)2-1-4-10-5-3-7/h9H,1-5H2. The van der Waals surface area contributed by atoms with Gasteiger partial charge in [0, 0.05) is 13.0 Å². The van der Waals surface area contributed by atoms with Crippen molar-refractivity contribution >= 4 is 0 Å². The zero-order valence-electron chi connectivity index (χ0n) is 5.84. The molecule has 0 aliphatic carbocycles. The molecule has 0 bridgehead atoms. The molecule has 0 radical (unpaired) electrons. The summed E-state index contributed by atoms with van der Waals surface area (Å²) in [5.41, 5.74) is -1.11. The van der Waals surface area contributed by atoms with E-state index in [2.05, 4.69) is 0 Å². The predicted molar refractivity (Wildman–Crippen MR) is 35.2 cm³/mol. The second-order valence-corrected chi connectivity index (χ2v) is 2.61. The molecule has 1 aliphatic rings. The van der Waals surface area contributed by atoms with E-state index in [1.807, 2.05) is 6.07 Å². The summed E-state index contributed by atoms with van der Waals surface area (Å²) in [6, 6.07) is 1.90. The highest BCUT2D eigenvalue weighted by Gasteiger charge is 2.27. The lowest BCUT2D eigenvalue weighted by Gasteiger charge is -2.14. The third kappa shape index (κ3) is 1.69. The van der Waals surface area contributed by atoms with Crippen molar-refractivity contribution in [2.24, 2.45) is 0 Å². The Morgan fingerprint density at radius 2 is 2.20 bits per heavy atom. The average Bonchev–Trinajstić information content (AvgIpc) is 2.15. The maximum absolute atomic E-state index is 9.42. The van der Waals surface area contributed by atoms with E-state index in [9.17, 15) is 5.11 Å². The third-order valence-corrected chi connectivity index (χ3v) is 1.75. The van der Waals surface area contributed by atoms with Gasteiger partial charge >= 0.3 is 0 Å². The topological polar surface area (TPSA) is 53.2 Å². The summed E-state index contributed by atoms with van der Waals surface area (Å²) in [5, 5.41) is 17.9. The minimum absolute atomic E-state index is 0.448. The van der Waals surface area contributed by atoms with Crippen LogP contribution in [0.15, 0.2) is 0 Å². The maximum Gasteiger partial charge on any atom is 0.153 e. The molecule has 1 rings (SSSR count). The van der Waals surface area contributed by atoms with Gasteiger partial charge in [-0.25, -0.2) is 0 Å². The van der Waals surface area contributed by atoms with Gasteiger partial charge in [0.25, 0.3) is 0 Å². The average molecular weight is 141 g/mol. The van der Waals surface area contributed by atoms with Gasteiger partial charge in [-0.1, -0.05) is 0 Å². The number of hydrogen-bond donors (Lipinski definition) is 1. The molecule has 0 aromatic carbocycles. The van der Waals surface area contributed by atoms with Crippen molar-refractivity contribution in [3.8, 4) is 6.07 Å². The minimum Gasteiger partial charge on any atom is -0.381 e. The summed E-state index contributed by atoms with van der Waals surface area (Å²) in [4.78, 5) is 0. The number of nitriles is 1. The van der Waals surface area contributed by atoms with Crippen LogP contribution in [-0.4, -0.2) is 23.9 Å². The molecule has 56 valence electrons. The van der Waals surface area contributed by atoms with Crippen LogP contribution in [0.4, 0.5) is 0 Å². The van der Waals surface area contributed by atoms with Gasteiger partial charge in [-0.05, 0) is 12.8 Å². The number of rotatable bonds is 0. The molecule has 0 saturated carbocycles. The molecule has 0 aromatic rings. The van der Waals surface area contributed by atoms with Crippen molar-refractivity contribution in [1.82, 2.24) is 0 Å². The van der Waals surface area contributed by atoms with Gasteiger partial charge in [0.05, 0.1) is 12.7 Å². The van der Waals surface area contributed by atoms with Crippen LogP contribution in [0, 0.1) is 11.3 Å². The lowest BCUT2D eigenvalue weighted by molar-refractivity contribution is 0.0696. The largest absolute Gasteiger partial charge is 0.381 e. The van der Waals surface area contributed by atoms with E-state index >= 15 is 0 Å². The first kappa shape index (κ1) is 7.52. The molecule has 1 fully saturated rings. The van der Waals surface area contributed by atoms with Crippen molar-refractivity contribution < 1.29 is 9.84 Å². The van der Waals surface area contributed by atoms with E-state index in [1.54, 1.807) is 0 Å². The number of hydrogen-bond acceptors (Lipinski definition) is 3. The SMILES string of the molecule is N#CC1(O)CCCOCC1. The fourth-order valence-electron chi connectivity index (χ4n) is 1.05. The van der Waals surface area contributed by atoms with E-state index < -0.39 is 5.60 Å². The first-order valence-electron chi connectivity index (χ1n) is 3.48. The Hall–Kier alpha value is -0.590. The van der Waals surface area contributed by atoms with Crippen LogP contribution >= 0.6 is 0 Å². The van der Waals surface area contributed by atoms with Crippen LogP contribution in [-0.2, 0) is 4.74 Å². The Balaban J connectivity index is 2.51. The van der Waals surface area contributed by atoms with Crippen molar-refractivity contribution in [2.75, 3.05) is 13.2 Å². The van der Waals surface area contributed by atoms with Crippen LogP contribution in [0.3, 0.4) is 0 Å². The summed E-state index contributed by atoms with van der Waals surface area (Å²) in [6.45, 7) is 1.17. The van der Waals surface area contributed by atoms with E-state index in [0.717, 1.165) is 6.42 Å². The highest BCUT2D eigenvalue weighted by molar-refractivity contribution is 5.00. The van der Waals surface area contributed by atoms with E-state index in [-0.39, 0.29) is 0 Å². The van der Waals surface area contributed by atoms with E-state index in [4.69, 9.17) is 10.00 Å². The number of ether oxygens (including phenoxy) is 1. The Morgan fingerprint density at radius 3 is 2.90 bits per heavy atom. The molecule has 3 heteroatoms. The van der Waals surface area contributed by atoms with Crippen LogP contribution in [0.1, 0.15) is 19.3 Å². The van der Waals surface area contributed by atoms with Crippen LogP contribution in [0.25, 0.3) is 0 Å². The fourth-order valence-corrected chi connectivity index (χ4v) is 1.05. The fraction of sp³-hybridized carbons (Fsp3) is 0.857. The number of nitrogens with zero attached hydrogens (tertiary/aromatic N) is 1. The third-order valence-electron chi connectivity index (χ3n) is 1.75. The van der Waals surface area contributed by atoms with Gasteiger partial charge in [0.2, 0.25) is 0 Å². The predicted octanol–water partition coefficient (Wildman–Crippen LogP) is 0.442. The second-order valence-electron chi connectivity index (χ2n) is 2.61. The summed E-state index contributed by atoms with van der Waals surface area (Å²) in [6.07, 6.45) is 1.77. The molecule has 1 unspecified atom stereocenters. The molecule has 1 saturated heterocycles. The van der Waals surface area contributed by atoms with Gasteiger partial charge in [-0.2, -0.15) is 5.26 Å². The first-order chi connectivity index (χ1) is 4.77. The molecule has 0 amide bonds. The lowest BCUT2D eigenvalue weighted by atomic mass is 9.97. The monoisotopic (exact) mass is 141 g/mol. The summed E-state index contributed by atoms with van der Waals surface area (Å²) in [7, 11) is 0. The summed E-state index contributed by atoms with van der Waals surface area (Å²) < 4.78 is 5.08. The Morgan fingerprint density at radius 1 is 1.40 bits per heavy atom. The smallest absolute Gasteiger partial charge is 0.153 e. The maximum atomic E-state index is 9.42. The zero-order chi connectivity index (χ0) is 7.45. The van der Waals surface area contributed by atoms with Crippen molar-refractivity contribution in [3.63, 3.8) is 0 Å². The van der Waals surface area contributed by atoms with Crippen LogP contribution < -0.4 is 0 Å². The molecule has 10 heavy (non-hydrogen) atoms. The molecular weight excluding hydrogens is 130 g/mol. The van der Waals surface area contributed by atoms with E-state index in [0.29, 0.717) is 26.1 Å². The summed E-state index contributed by atoms with van der Waals surface area (Å²) in [5.74, 6) is 0. The molecule has 1 aliphatic heterocycles. The van der Waals surface area contributed by atoms with Gasteiger partial charge in [-0.15, -0.1) is 0 Å². The number of aliphatic hydroxyl groups is 1. The molecule has 1 heterocycles. The molecule has 1 N–H and O–H groups in total. The highest BCUT2D eigenvalue weighted by Crippen LogP contribution is 2.19. The Kier molecular flexibility index (Phi) is 2.25. The highest BCUT2D eigenvalue weighted by atomic mass is 16.5. The Bertz CT molecular complexity index is 142. The van der Waals surface area contributed by atoms with E-state index in [1.165, 1.54) is 0 Å². The quantitative estimate of drug-likeness (QED) is 0.498. The van der Waals surface area contributed by atoms with Gasteiger partial charge in [0.1, 0.15) is 0 Å².